The van der Waals surface area contributed by atoms with Gasteiger partial charge in [0, 0.05) is 19.5 Å². The van der Waals surface area contributed by atoms with E-state index in [9.17, 15) is 9.59 Å². The third kappa shape index (κ3) is 2.69. The molecule has 1 spiro atoms. The maximum atomic E-state index is 12.4. The predicted octanol–water partition coefficient (Wildman–Crippen LogP) is 1.50. The minimum atomic E-state index is -0.151. The number of rotatable bonds is 2. The minimum absolute atomic E-state index is 0.127. The number of hydrogen-bond donors (Lipinski definition) is 1. The van der Waals surface area contributed by atoms with E-state index in [4.69, 9.17) is 0 Å². The Bertz CT molecular complexity index is 514. The minimum Gasteiger partial charge on any atom is -0.349 e. The van der Waals surface area contributed by atoms with Crippen molar-refractivity contribution >= 4 is 11.8 Å². The number of nitrogens with zero attached hydrogens (tertiary/aromatic N) is 1. The molecule has 1 N–H and O–H groups in total. The van der Waals surface area contributed by atoms with Crippen molar-refractivity contribution in [3.63, 3.8) is 0 Å². The van der Waals surface area contributed by atoms with Crippen molar-refractivity contribution in [2.75, 3.05) is 13.1 Å². The molecule has 2 heterocycles. The molecule has 106 valence electrons. The Morgan fingerprint density at radius 2 is 2.05 bits per heavy atom. The molecule has 4 heteroatoms. The van der Waals surface area contributed by atoms with Crippen LogP contribution in [0.15, 0.2) is 30.3 Å². The largest absolute Gasteiger partial charge is 0.349 e. The molecule has 0 saturated carbocycles. The Morgan fingerprint density at radius 1 is 1.25 bits per heavy atom. The Balaban J connectivity index is 1.65. The van der Waals surface area contributed by atoms with Crippen LogP contribution in [0.4, 0.5) is 0 Å². The van der Waals surface area contributed by atoms with Gasteiger partial charge in [-0.25, -0.2) is 0 Å². The molecular weight excluding hydrogens is 252 g/mol. The molecule has 1 atom stereocenters. The lowest BCUT2D eigenvalue weighted by Crippen LogP contribution is -2.56. The number of carbonyl (C=O) groups is 2. The average Bonchev–Trinajstić information content (AvgIpc) is 2.80. The number of carbonyl (C=O) groups excluding carboxylic acids is 2. The molecule has 1 aromatic rings. The molecular formula is C16H20N2O2. The Hall–Kier alpha value is -1.84. The van der Waals surface area contributed by atoms with Crippen molar-refractivity contribution < 1.29 is 9.59 Å². The SMILES string of the molecule is O=C1CCC2(CCCN(C(=O)Cc3ccccc3)C2)N1. The summed E-state index contributed by atoms with van der Waals surface area (Å²) in [5.74, 6) is 0.291. The van der Waals surface area contributed by atoms with E-state index in [0.29, 0.717) is 19.4 Å². The highest BCUT2D eigenvalue weighted by atomic mass is 16.2. The number of amides is 2. The number of benzene rings is 1. The first kappa shape index (κ1) is 13.2. The topological polar surface area (TPSA) is 49.4 Å². The molecule has 0 bridgehead atoms. The first-order chi connectivity index (χ1) is 9.67. The van der Waals surface area contributed by atoms with Crippen molar-refractivity contribution in [3.05, 3.63) is 35.9 Å². The van der Waals surface area contributed by atoms with E-state index in [1.165, 1.54) is 0 Å². The van der Waals surface area contributed by atoms with Gasteiger partial charge in [-0.1, -0.05) is 30.3 Å². The van der Waals surface area contributed by atoms with Gasteiger partial charge in [0.25, 0.3) is 0 Å². The van der Waals surface area contributed by atoms with Gasteiger partial charge in [0.05, 0.1) is 12.0 Å². The molecule has 2 aliphatic rings. The lowest BCUT2D eigenvalue weighted by molar-refractivity contribution is -0.133. The third-order valence-electron chi connectivity index (χ3n) is 4.36. The zero-order valence-corrected chi connectivity index (χ0v) is 11.6. The summed E-state index contributed by atoms with van der Waals surface area (Å²) in [5, 5.41) is 3.09. The second kappa shape index (κ2) is 5.27. The second-order valence-corrected chi connectivity index (χ2v) is 5.91. The van der Waals surface area contributed by atoms with Gasteiger partial charge in [0.15, 0.2) is 0 Å². The molecule has 20 heavy (non-hydrogen) atoms. The maximum Gasteiger partial charge on any atom is 0.227 e. The van der Waals surface area contributed by atoms with Gasteiger partial charge in [0.2, 0.25) is 11.8 Å². The summed E-state index contributed by atoms with van der Waals surface area (Å²) in [5.41, 5.74) is 0.898. The number of piperidine rings is 1. The van der Waals surface area contributed by atoms with E-state index in [1.807, 2.05) is 35.2 Å². The predicted molar refractivity (Wildman–Crippen MR) is 76.1 cm³/mol. The summed E-state index contributed by atoms with van der Waals surface area (Å²) >= 11 is 0. The molecule has 3 rings (SSSR count). The first-order valence-corrected chi connectivity index (χ1v) is 7.30. The molecule has 2 saturated heterocycles. The van der Waals surface area contributed by atoms with Gasteiger partial charge >= 0.3 is 0 Å². The van der Waals surface area contributed by atoms with Crippen LogP contribution >= 0.6 is 0 Å². The summed E-state index contributed by atoms with van der Waals surface area (Å²) in [6.07, 6.45) is 3.88. The number of likely N-dealkylation sites (tertiary alicyclic amines) is 1. The summed E-state index contributed by atoms with van der Waals surface area (Å²) < 4.78 is 0. The maximum absolute atomic E-state index is 12.4. The summed E-state index contributed by atoms with van der Waals surface area (Å²) in [6, 6.07) is 9.83. The van der Waals surface area contributed by atoms with Gasteiger partial charge < -0.3 is 10.2 Å². The quantitative estimate of drug-likeness (QED) is 0.887. The summed E-state index contributed by atoms with van der Waals surface area (Å²) in [6.45, 7) is 1.48. The molecule has 0 aromatic heterocycles. The molecule has 2 fully saturated rings. The van der Waals surface area contributed by atoms with Crippen LogP contribution in [0.1, 0.15) is 31.2 Å². The van der Waals surface area contributed by atoms with Crippen LogP contribution in [-0.4, -0.2) is 35.3 Å². The van der Waals surface area contributed by atoms with Crippen molar-refractivity contribution in [1.29, 1.82) is 0 Å². The Kier molecular flexibility index (Phi) is 3.47. The smallest absolute Gasteiger partial charge is 0.227 e. The van der Waals surface area contributed by atoms with Crippen LogP contribution in [0.2, 0.25) is 0 Å². The van der Waals surface area contributed by atoms with E-state index >= 15 is 0 Å². The van der Waals surface area contributed by atoms with Crippen molar-refractivity contribution in [2.24, 2.45) is 0 Å². The molecule has 4 nitrogen and oxygen atoms in total. The number of nitrogens with one attached hydrogen (secondary N) is 1. The normalized spacial score (nSPS) is 25.8. The zero-order valence-electron chi connectivity index (χ0n) is 11.6. The van der Waals surface area contributed by atoms with E-state index in [1.54, 1.807) is 0 Å². The van der Waals surface area contributed by atoms with Crippen LogP contribution in [0.3, 0.4) is 0 Å². The number of hydrogen-bond acceptors (Lipinski definition) is 2. The molecule has 1 aromatic carbocycles. The van der Waals surface area contributed by atoms with E-state index in [-0.39, 0.29) is 17.4 Å². The lowest BCUT2D eigenvalue weighted by atomic mass is 9.87. The zero-order chi connectivity index (χ0) is 14.0. The standard InChI is InChI=1S/C16H20N2O2/c19-14-7-9-16(17-14)8-4-10-18(12-16)15(20)11-13-5-2-1-3-6-13/h1-3,5-6H,4,7-12H2,(H,17,19). The van der Waals surface area contributed by atoms with Crippen LogP contribution in [0.25, 0.3) is 0 Å². The van der Waals surface area contributed by atoms with E-state index in [2.05, 4.69) is 5.32 Å². The van der Waals surface area contributed by atoms with Crippen LogP contribution in [0.5, 0.6) is 0 Å². The fraction of sp³-hybridized carbons (Fsp3) is 0.500. The summed E-state index contributed by atoms with van der Waals surface area (Å²) in [4.78, 5) is 25.8. The molecule has 0 radical (unpaired) electrons. The van der Waals surface area contributed by atoms with E-state index in [0.717, 1.165) is 31.4 Å². The monoisotopic (exact) mass is 272 g/mol. The molecule has 2 aliphatic heterocycles. The second-order valence-electron chi connectivity index (χ2n) is 5.91. The third-order valence-corrected chi connectivity index (χ3v) is 4.36. The fourth-order valence-corrected chi connectivity index (χ4v) is 3.31. The van der Waals surface area contributed by atoms with Crippen LogP contribution in [-0.2, 0) is 16.0 Å². The lowest BCUT2D eigenvalue weighted by Gasteiger charge is -2.40. The Labute approximate surface area is 119 Å². The Morgan fingerprint density at radius 3 is 2.75 bits per heavy atom. The van der Waals surface area contributed by atoms with Gasteiger partial charge in [-0.05, 0) is 24.8 Å². The highest BCUT2D eigenvalue weighted by Crippen LogP contribution is 2.30. The highest BCUT2D eigenvalue weighted by Gasteiger charge is 2.41. The van der Waals surface area contributed by atoms with Crippen molar-refractivity contribution in [1.82, 2.24) is 10.2 Å². The average molecular weight is 272 g/mol. The molecule has 0 aliphatic carbocycles. The van der Waals surface area contributed by atoms with Crippen molar-refractivity contribution in [3.8, 4) is 0 Å². The first-order valence-electron chi connectivity index (χ1n) is 7.30. The van der Waals surface area contributed by atoms with Crippen molar-refractivity contribution in [2.45, 2.75) is 37.6 Å². The molecule has 2 amide bonds. The summed E-state index contributed by atoms with van der Waals surface area (Å²) in [7, 11) is 0. The fourth-order valence-electron chi connectivity index (χ4n) is 3.31. The van der Waals surface area contributed by atoms with Crippen LogP contribution < -0.4 is 5.32 Å². The van der Waals surface area contributed by atoms with Gasteiger partial charge in [0.1, 0.15) is 0 Å². The van der Waals surface area contributed by atoms with Crippen LogP contribution in [0, 0.1) is 0 Å². The van der Waals surface area contributed by atoms with Gasteiger partial charge in [-0.2, -0.15) is 0 Å². The highest BCUT2D eigenvalue weighted by molar-refractivity contribution is 5.81. The van der Waals surface area contributed by atoms with E-state index < -0.39 is 0 Å². The van der Waals surface area contributed by atoms with Gasteiger partial charge in [-0.15, -0.1) is 0 Å². The molecule has 1 unspecified atom stereocenters. The van der Waals surface area contributed by atoms with Gasteiger partial charge in [-0.3, -0.25) is 9.59 Å².